The van der Waals surface area contributed by atoms with Crippen LogP contribution in [-0.4, -0.2) is 55.1 Å². The van der Waals surface area contributed by atoms with Crippen LogP contribution in [0, 0.1) is 0 Å². The van der Waals surface area contributed by atoms with Crippen LogP contribution in [0.25, 0.3) is 5.65 Å². The summed E-state index contributed by atoms with van der Waals surface area (Å²) in [7, 11) is 2.14. The molecule has 4 aromatic rings. The van der Waals surface area contributed by atoms with Crippen LogP contribution in [-0.2, 0) is 27.1 Å². The van der Waals surface area contributed by atoms with Crippen LogP contribution >= 0.6 is 0 Å². The quantitative estimate of drug-likeness (QED) is 0.251. The molecule has 1 fully saturated rings. The molecule has 46 heavy (non-hydrogen) atoms. The summed E-state index contributed by atoms with van der Waals surface area (Å²) in [5.41, 5.74) is 3.08. The molecule has 0 spiro atoms. The SMILES string of the molecule is CC(=O)OCc1nc(NC(=O)N[C@H]2CC[C@@H](Oc3ccc4nnc([C@]5(C)CCCN5C)n4c3)c3ccccc32)cc(C(C)(C)C)n1. The molecular weight excluding hydrogens is 584 g/mol. The highest BCUT2D eigenvalue weighted by Crippen LogP contribution is 2.40. The van der Waals surface area contributed by atoms with Crippen LogP contribution in [0.4, 0.5) is 10.6 Å². The Morgan fingerprint density at radius 1 is 1.07 bits per heavy atom. The number of ether oxygens (including phenoxy) is 2. The van der Waals surface area contributed by atoms with Gasteiger partial charge < -0.3 is 14.8 Å². The van der Waals surface area contributed by atoms with Gasteiger partial charge in [-0.1, -0.05) is 45.0 Å². The van der Waals surface area contributed by atoms with Gasteiger partial charge in [-0.05, 0) is 69.5 Å². The first-order valence-electron chi connectivity index (χ1n) is 15.8. The number of nitrogens with one attached hydrogen (secondary N) is 2. The highest BCUT2D eigenvalue weighted by Gasteiger charge is 2.40. The number of nitrogens with zero attached hydrogens (tertiary/aromatic N) is 6. The van der Waals surface area contributed by atoms with Gasteiger partial charge in [-0.15, -0.1) is 10.2 Å². The Morgan fingerprint density at radius 2 is 1.85 bits per heavy atom. The van der Waals surface area contributed by atoms with Gasteiger partial charge in [-0.2, -0.15) is 0 Å². The van der Waals surface area contributed by atoms with Gasteiger partial charge in [0.25, 0.3) is 0 Å². The number of esters is 1. The third-order valence-corrected chi connectivity index (χ3v) is 9.06. The van der Waals surface area contributed by atoms with Crippen LogP contribution in [0.2, 0.25) is 0 Å². The second-order valence-electron chi connectivity index (χ2n) is 13.5. The summed E-state index contributed by atoms with van der Waals surface area (Å²) >= 11 is 0. The number of hydrogen-bond donors (Lipinski definition) is 2. The monoisotopic (exact) mass is 626 g/mol. The zero-order chi connectivity index (χ0) is 32.6. The van der Waals surface area contributed by atoms with Crippen molar-refractivity contribution >= 4 is 23.5 Å². The number of fused-ring (bicyclic) bond motifs is 2. The van der Waals surface area contributed by atoms with Gasteiger partial charge in [0, 0.05) is 18.4 Å². The molecule has 0 bridgehead atoms. The van der Waals surface area contributed by atoms with Crippen molar-refractivity contribution in [3.05, 3.63) is 77.1 Å². The minimum Gasteiger partial charge on any atom is -0.484 e. The molecule has 0 unspecified atom stereocenters. The van der Waals surface area contributed by atoms with E-state index in [0.29, 0.717) is 24.5 Å². The second kappa shape index (κ2) is 12.3. The Labute approximate surface area is 268 Å². The number of carbonyl (C=O) groups excluding carboxylic acids is 2. The minimum absolute atomic E-state index is 0.0745. The van der Waals surface area contributed by atoms with E-state index in [0.717, 1.165) is 53.4 Å². The number of rotatable bonds is 7. The largest absolute Gasteiger partial charge is 0.484 e. The summed E-state index contributed by atoms with van der Waals surface area (Å²) in [6.45, 7) is 10.6. The molecule has 2 aliphatic rings. The molecule has 12 heteroatoms. The van der Waals surface area contributed by atoms with Crippen molar-refractivity contribution < 1.29 is 19.1 Å². The Kier molecular flexibility index (Phi) is 8.41. The first-order valence-corrected chi connectivity index (χ1v) is 15.8. The number of urea groups is 1. The minimum atomic E-state index is -0.425. The number of likely N-dealkylation sites (tertiary alicyclic amines) is 1. The maximum absolute atomic E-state index is 13.3. The van der Waals surface area contributed by atoms with Gasteiger partial charge in [0.1, 0.15) is 17.7 Å². The van der Waals surface area contributed by atoms with Gasteiger partial charge in [0.15, 0.2) is 23.9 Å². The molecule has 1 aliphatic carbocycles. The summed E-state index contributed by atoms with van der Waals surface area (Å²) in [5.74, 6) is 1.90. The predicted molar refractivity (Wildman–Crippen MR) is 172 cm³/mol. The van der Waals surface area contributed by atoms with Crippen LogP contribution in [0.5, 0.6) is 5.75 Å². The fourth-order valence-corrected chi connectivity index (χ4v) is 6.36. The lowest BCUT2D eigenvalue weighted by molar-refractivity contribution is -0.142. The number of hydrogen-bond acceptors (Lipinski definition) is 9. The lowest BCUT2D eigenvalue weighted by Gasteiger charge is -2.32. The van der Waals surface area contributed by atoms with Crippen molar-refractivity contribution in [1.82, 2.24) is 34.8 Å². The van der Waals surface area contributed by atoms with E-state index in [2.05, 4.69) is 60.1 Å². The van der Waals surface area contributed by atoms with Crippen LogP contribution in [0.1, 0.15) is 101 Å². The van der Waals surface area contributed by atoms with E-state index in [4.69, 9.17) is 9.47 Å². The number of carbonyl (C=O) groups is 2. The van der Waals surface area contributed by atoms with E-state index in [1.807, 2.05) is 57.3 Å². The van der Waals surface area contributed by atoms with Gasteiger partial charge in [-0.25, -0.2) is 14.8 Å². The summed E-state index contributed by atoms with van der Waals surface area (Å²) in [4.78, 5) is 35.9. The highest BCUT2D eigenvalue weighted by molar-refractivity contribution is 5.88. The van der Waals surface area contributed by atoms with E-state index in [9.17, 15) is 9.59 Å². The van der Waals surface area contributed by atoms with Crippen molar-refractivity contribution in [2.45, 2.75) is 90.0 Å². The van der Waals surface area contributed by atoms with Gasteiger partial charge >= 0.3 is 12.0 Å². The predicted octanol–water partition coefficient (Wildman–Crippen LogP) is 5.60. The van der Waals surface area contributed by atoms with Crippen molar-refractivity contribution in [1.29, 1.82) is 0 Å². The molecule has 12 nitrogen and oxygen atoms in total. The Morgan fingerprint density at radius 3 is 2.57 bits per heavy atom. The van der Waals surface area contributed by atoms with Gasteiger partial charge in [0.2, 0.25) is 0 Å². The number of amides is 2. The second-order valence-corrected chi connectivity index (χ2v) is 13.5. The Balaban J connectivity index is 1.18. The maximum atomic E-state index is 13.3. The Hall–Kier alpha value is -4.58. The summed E-state index contributed by atoms with van der Waals surface area (Å²) in [6.07, 6.45) is 5.36. The topological polar surface area (TPSA) is 136 Å². The molecule has 2 N–H and O–H groups in total. The van der Waals surface area contributed by atoms with Crippen molar-refractivity contribution in [2.75, 3.05) is 18.9 Å². The molecule has 3 atom stereocenters. The third kappa shape index (κ3) is 6.39. The average molecular weight is 627 g/mol. The van der Waals surface area contributed by atoms with Crippen LogP contribution in [0.3, 0.4) is 0 Å². The molecule has 3 aromatic heterocycles. The standard InChI is InChI=1S/C34H42N8O4/c1-21(43)45-20-29-36-27(33(2,3)4)18-28(37-29)38-32(44)35-25-13-14-26(24-11-8-7-10-23(24)25)46-22-12-15-30-39-40-31(42(30)19-22)34(5)16-9-17-41(34)6/h7-8,10-12,15,18-19,25-26H,9,13-14,16-17,20H2,1-6H3,(H2,35,36,37,38,44)/t25-,26+,34-/m0/s1. The number of anilines is 1. The zero-order valence-electron chi connectivity index (χ0n) is 27.3. The lowest BCUT2D eigenvalue weighted by atomic mass is 9.85. The molecule has 242 valence electrons. The van der Waals surface area contributed by atoms with Crippen LogP contribution < -0.4 is 15.4 Å². The van der Waals surface area contributed by atoms with Crippen molar-refractivity contribution in [3.8, 4) is 5.75 Å². The lowest BCUT2D eigenvalue weighted by Crippen LogP contribution is -2.37. The molecule has 4 heterocycles. The number of pyridine rings is 1. The van der Waals surface area contributed by atoms with Gasteiger partial charge in [-0.3, -0.25) is 19.4 Å². The van der Waals surface area contributed by atoms with E-state index in [1.54, 1.807) is 6.07 Å². The van der Waals surface area contributed by atoms with Gasteiger partial charge in [0.05, 0.1) is 23.5 Å². The summed E-state index contributed by atoms with van der Waals surface area (Å²) in [6, 6.07) is 13.1. The van der Waals surface area contributed by atoms with E-state index < -0.39 is 5.97 Å². The molecule has 1 aliphatic heterocycles. The van der Waals surface area contributed by atoms with E-state index in [-0.39, 0.29) is 35.7 Å². The third-order valence-electron chi connectivity index (χ3n) is 9.06. The fourth-order valence-electron chi connectivity index (χ4n) is 6.36. The van der Waals surface area contributed by atoms with E-state index in [1.165, 1.54) is 6.92 Å². The smallest absolute Gasteiger partial charge is 0.320 e. The number of aromatic nitrogens is 5. The molecular formula is C34H42N8O4. The maximum Gasteiger partial charge on any atom is 0.320 e. The Bertz CT molecular complexity index is 1770. The summed E-state index contributed by atoms with van der Waals surface area (Å²) < 4.78 is 13.8. The first kappa shape index (κ1) is 31.4. The highest BCUT2D eigenvalue weighted by atomic mass is 16.5. The average Bonchev–Trinajstić information content (AvgIpc) is 3.59. The van der Waals surface area contributed by atoms with Crippen LogP contribution in [0.15, 0.2) is 48.7 Å². The van der Waals surface area contributed by atoms with E-state index >= 15 is 0 Å². The molecule has 1 aromatic carbocycles. The number of benzene rings is 1. The molecule has 2 amide bonds. The molecule has 0 radical (unpaired) electrons. The molecule has 1 saturated heterocycles. The molecule has 6 rings (SSSR count). The van der Waals surface area contributed by atoms with Crippen molar-refractivity contribution in [2.24, 2.45) is 0 Å². The zero-order valence-corrected chi connectivity index (χ0v) is 27.3. The fraction of sp³-hybridized carbons (Fsp3) is 0.471. The first-order chi connectivity index (χ1) is 21.9. The molecule has 0 saturated carbocycles. The van der Waals surface area contributed by atoms with Crippen molar-refractivity contribution in [3.63, 3.8) is 0 Å². The summed E-state index contributed by atoms with van der Waals surface area (Å²) in [5, 5.41) is 15.0. The normalized spacial score (nSPS) is 21.5.